The van der Waals surface area contributed by atoms with Crippen molar-refractivity contribution < 1.29 is 19.1 Å². The van der Waals surface area contributed by atoms with Crippen molar-refractivity contribution in [3.63, 3.8) is 0 Å². The van der Waals surface area contributed by atoms with Gasteiger partial charge in [-0.1, -0.05) is 42.5 Å². The Labute approximate surface area is 162 Å². The molecule has 0 radical (unpaired) electrons. The average Bonchev–Trinajstić information content (AvgIpc) is 2.96. The Morgan fingerprint density at radius 2 is 1.82 bits per heavy atom. The topological polar surface area (TPSA) is 87.7 Å². The first-order valence-corrected chi connectivity index (χ1v) is 8.60. The van der Waals surface area contributed by atoms with Crippen molar-refractivity contribution in [2.24, 2.45) is 0 Å². The number of anilines is 1. The molecule has 2 aromatic rings. The van der Waals surface area contributed by atoms with Gasteiger partial charge >= 0.3 is 6.03 Å². The molecule has 2 N–H and O–H groups in total. The summed E-state index contributed by atoms with van der Waals surface area (Å²) in [6.07, 6.45) is 3.00. The Kier molecular flexibility index (Phi) is 5.86. The largest absolute Gasteiger partial charge is 0.483 e. The first-order chi connectivity index (χ1) is 13.6. The third-order valence-electron chi connectivity index (χ3n) is 3.91. The molecule has 7 heteroatoms. The van der Waals surface area contributed by atoms with Crippen LogP contribution < -0.4 is 15.4 Å². The van der Waals surface area contributed by atoms with E-state index in [2.05, 4.69) is 17.2 Å². The quantitative estimate of drug-likeness (QED) is 0.441. The fraction of sp³-hybridized carbons (Fsp3) is 0.0952. The second-order valence-electron chi connectivity index (χ2n) is 5.93. The minimum absolute atomic E-state index is 0.125. The van der Waals surface area contributed by atoms with E-state index in [9.17, 15) is 14.4 Å². The van der Waals surface area contributed by atoms with Gasteiger partial charge in [0.1, 0.15) is 11.4 Å². The van der Waals surface area contributed by atoms with Gasteiger partial charge in [-0.2, -0.15) is 0 Å². The Bertz CT molecular complexity index is 938. The van der Waals surface area contributed by atoms with Crippen molar-refractivity contribution in [2.75, 3.05) is 18.5 Å². The van der Waals surface area contributed by atoms with Gasteiger partial charge in [-0.25, -0.2) is 4.79 Å². The molecule has 0 spiro atoms. The zero-order valence-corrected chi connectivity index (χ0v) is 15.1. The molecule has 0 saturated carbocycles. The average molecular weight is 377 g/mol. The maximum atomic E-state index is 12.3. The van der Waals surface area contributed by atoms with Crippen molar-refractivity contribution in [3.05, 3.63) is 78.5 Å². The van der Waals surface area contributed by atoms with Crippen LogP contribution in [-0.4, -0.2) is 35.9 Å². The van der Waals surface area contributed by atoms with E-state index in [1.165, 1.54) is 12.2 Å². The van der Waals surface area contributed by atoms with Gasteiger partial charge in [0.05, 0.1) is 0 Å². The summed E-state index contributed by atoms with van der Waals surface area (Å²) in [5.74, 6) is -0.333. The fourth-order valence-corrected chi connectivity index (χ4v) is 2.62. The maximum Gasteiger partial charge on any atom is 0.329 e. The SMILES string of the molecule is C=CCN1C(=O)N/C(=C/c2ccccc2OCC(=O)Nc2ccccc2)C1=O. The monoisotopic (exact) mass is 377 g/mol. The van der Waals surface area contributed by atoms with E-state index in [1.807, 2.05) is 18.2 Å². The number of nitrogens with zero attached hydrogens (tertiary/aromatic N) is 1. The van der Waals surface area contributed by atoms with Crippen molar-refractivity contribution in [1.82, 2.24) is 10.2 Å². The molecule has 1 heterocycles. The molecule has 0 bridgehead atoms. The summed E-state index contributed by atoms with van der Waals surface area (Å²) >= 11 is 0. The number of hydrogen-bond donors (Lipinski definition) is 2. The second kappa shape index (κ2) is 8.68. The molecular formula is C21H19N3O4. The van der Waals surface area contributed by atoms with E-state index < -0.39 is 11.9 Å². The van der Waals surface area contributed by atoms with Crippen molar-refractivity contribution in [2.45, 2.75) is 0 Å². The molecule has 28 heavy (non-hydrogen) atoms. The lowest BCUT2D eigenvalue weighted by atomic mass is 10.1. The summed E-state index contributed by atoms with van der Waals surface area (Å²) in [7, 11) is 0. The summed E-state index contributed by atoms with van der Waals surface area (Å²) in [5.41, 5.74) is 1.38. The van der Waals surface area contributed by atoms with Gasteiger partial charge in [-0.15, -0.1) is 6.58 Å². The smallest absolute Gasteiger partial charge is 0.329 e. The zero-order chi connectivity index (χ0) is 19.9. The van der Waals surface area contributed by atoms with E-state index in [0.29, 0.717) is 17.0 Å². The van der Waals surface area contributed by atoms with Crippen LogP contribution in [0.4, 0.5) is 10.5 Å². The molecule has 3 rings (SSSR count). The molecular weight excluding hydrogens is 358 g/mol. The second-order valence-corrected chi connectivity index (χ2v) is 5.93. The number of hydrogen-bond acceptors (Lipinski definition) is 4. The van der Waals surface area contributed by atoms with Gasteiger partial charge in [-0.05, 0) is 24.3 Å². The summed E-state index contributed by atoms with van der Waals surface area (Å²) in [6.45, 7) is 3.46. The molecule has 4 amide bonds. The van der Waals surface area contributed by atoms with Crippen LogP contribution in [-0.2, 0) is 9.59 Å². The van der Waals surface area contributed by atoms with Gasteiger partial charge in [-0.3, -0.25) is 14.5 Å². The minimum atomic E-state index is -0.503. The lowest BCUT2D eigenvalue weighted by Crippen LogP contribution is -2.30. The standard InChI is InChI=1S/C21H19N3O4/c1-2-12-24-20(26)17(23-21(24)27)13-15-8-6-7-11-18(15)28-14-19(25)22-16-9-4-3-5-10-16/h2-11,13H,1,12,14H2,(H,22,25)(H,23,27)/b17-13+. The number of imide groups is 1. The number of rotatable bonds is 7. The highest BCUT2D eigenvalue weighted by Crippen LogP contribution is 2.22. The molecule has 1 fully saturated rings. The summed E-state index contributed by atoms with van der Waals surface area (Å²) in [6, 6.07) is 15.5. The number of para-hydroxylation sites is 2. The van der Waals surface area contributed by atoms with E-state index in [-0.39, 0.29) is 24.8 Å². The van der Waals surface area contributed by atoms with E-state index in [1.54, 1.807) is 36.4 Å². The van der Waals surface area contributed by atoms with Crippen molar-refractivity contribution >= 4 is 29.6 Å². The predicted molar refractivity (Wildman–Crippen MR) is 105 cm³/mol. The number of carbonyl (C=O) groups is 3. The number of amides is 4. The molecule has 0 atom stereocenters. The van der Waals surface area contributed by atoms with Gasteiger partial charge in [0.25, 0.3) is 11.8 Å². The molecule has 0 unspecified atom stereocenters. The molecule has 0 aliphatic carbocycles. The predicted octanol–water partition coefficient (Wildman–Crippen LogP) is 2.78. The van der Waals surface area contributed by atoms with E-state index >= 15 is 0 Å². The van der Waals surface area contributed by atoms with Crippen LogP contribution in [0, 0.1) is 0 Å². The number of nitrogens with one attached hydrogen (secondary N) is 2. The van der Waals surface area contributed by atoms with Crippen LogP contribution in [0.5, 0.6) is 5.75 Å². The first-order valence-electron chi connectivity index (χ1n) is 8.60. The van der Waals surface area contributed by atoms with E-state index in [0.717, 1.165) is 4.90 Å². The molecule has 2 aromatic carbocycles. The van der Waals surface area contributed by atoms with Gasteiger partial charge < -0.3 is 15.4 Å². The zero-order valence-electron chi connectivity index (χ0n) is 15.1. The van der Waals surface area contributed by atoms with Crippen molar-refractivity contribution in [1.29, 1.82) is 0 Å². The van der Waals surface area contributed by atoms with Crippen LogP contribution in [0.15, 0.2) is 72.9 Å². The molecule has 1 aliphatic heterocycles. The summed E-state index contributed by atoms with van der Waals surface area (Å²) in [5, 5.41) is 5.26. The Hall–Kier alpha value is -3.87. The van der Waals surface area contributed by atoms with E-state index in [4.69, 9.17) is 4.74 Å². The highest BCUT2D eigenvalue weighted by Gasteiger charge is 2.32. The number of urea groups is 1. The normalized spacial score (nSPS) is 14.7. The van der Waals surface area contributed by atoms with Crippen molar-refractivity contribution in [3.8, 4) is 5.75 Å². The fourth-order valence-electron chi connectivity index (χ4n) is 2.62. The molecule has 1 saturated heterocycles. The Balaban J connectivity index is 1.70. The number of ether oxygens (including phenoxy) is 1. The van der Waals surface area contributed by atoms with Gasteiger partial charge in [0.2, 0.25) is 0 Å². The third kappa shape index (κ3) is 4.45. The Morgan fingerprint density at radius 3 is 2.57 bits per heavy atom. The lowest BCUT2D eigenvalue weighted by Gasteiger charge is -2.10. The maximum absolute atomic E-state index is 12.3. The highest BCUT2D eigenvalue weighted by molar-refractivity contribution is 6.14. The number of benzene rings is 2. The summed E-state index contributed by atoms with van der Waals surface area (Å²) < 4.78 is 5.61. The molecule has 142 valence electrons. The van der Waals surface area contributed by atoms with Gasteiger partial charge in [0, 0.05) is 17.8 Å². The summed E-state index contributed by atoms with van der Waals surface area (Å²) in [4.78, 5) is 37.3. The van der Waals surface area contributed by atoms with Gasteiger partial charge in [0.15, 0.2) is 6.61 Å². The first kappa shape index (κ1) is 18.9. The highest BCUT2D eigenvalue weighted by atomic mass is 16.5. The van der Waals surface area contributed by atoms with Crippen LogP contribution in [0.3, 0.4) is 0 Å². The third-order valence-corrected chi connectivity index (χ3v) is 3.91. The van der Waals surface area contributed by atoms with Crippen LogP contribution in [0.1, 0.15) is 5.56 Å². The number of carbonyl (C=O) groups excluding carboxylic acids is 3. The molecule has 7 nitrogen and oxygen atoms in total. The Morgan fingerprint density at radius 1 is 1.11 bits per heavy atom. The van der Waals surface area contributed by atoms with Crippen LogP contribution in [0.2, 0.25) is 0 Å². The van der Waals surface area contributed by atoms with Crippen LogP contribution in [0.25, 0.3) is 6.08 Å². The minimum Gasteiger partial charge on any atom is -0.483 e. The molecule has 1 aliphatic rings. The lowest BCUT2D eigenvalue weighted by molar-refractivity contribution is -0.122. The van der Waals surface area contributed by atoms with Crippen LogP contribution >= 0.6 is 0 Å². The molecule has 0 aromatic heterocycles.